The maximum absolute atomic E-state index is 7.76. The lowest BCUT2D eigenvalue weighted by atomic mass is 10.1. The van der Waals surface area contributed by atoms with E-state index >= 15 is 0 Å². The average Bonchev–Trinajstić information content (AvgIpc) is 2.21. The topological polar surface area (TPSA) is 0 Å². The van der Waals surface area contributed by atoms with Crippen LogP contribution in [0.5, 0.6) is 0 Å². The first-order valence-electron chi connectivity index (χ1n) is 6.35. The summed E-state index contributed by atoms with van der Waals surface area (Å²) in [6, 6.07) is 0. The van der Waals surface area contributed by atoms with Gasteiger partial charge in [-0.15, -0.1) is 0 Å². The van der Waals surface area contributed by atoms with E-state index in [4.69, 9.17) is 2.74 Å². The van der Waals surface area contributed by atoms with Crippen LogP contribution in [0.1, 0.15) is 67.9 Å². The molecule has 0 fully saturated rings. The Hall–Kier alpha value is -0.260. The Bertz CT molecular complexity index is 143. The Morgan fingerprint density at radius 2 is 1.75 bits per heavy atom. The summed E-state index contributed by atoms with van der Waals surface area (Å²) in [4.78, 5) is 0. The van der Waals surface area contributed by atoms with Crippen LogP contribution in [0.3, 0.4) is 0 Å². The highest BCUT2D eigenvalue weighted by Crippen LogP contribution is 2.07. The Morgan fingerprint density at radius 1 is 1.00 bits per heavy atom. The summed E-state index contributed by atoms with van der Waals surface area (Å²) in [6.07, 6.45) is 10.2. The fraction of sp³-hybridized carbons (Fsp3) is 0.833. The van der Waals surface area contributed by atoms with Gasteiger partial charge in [0.25, 0.3) is 0 Å². The van der Waals surface area contributed by atoms with Gasteiger partial charge in [0.2, 0.25) is 0 Å². The van der Waals surface area contributed by atoms with Crippen molar-refractivity contribution in [3.63, 3.8) is 0 Å². The van der Waals surface area contributed by atoms with E-state index in [1.54, 1.807) is 0 Å². The molecule has 0 spiro atoms. The van der Waals surface area contributed by atoms with Gasteiger partial charge in [-0.05, 0) is 19.3 Å². The van der Waals surface area contributed by atoms with Crippen molar-refractivity contribution in [3.05, 3.63) is 12.2 Å². The van der Waals surface area contributed by atoms with Gasteiger partial charge in [0, 0.05) is 2.74 Å². The van der Waals surface area contributed by atoms with Crippen molar-refractivity contribution in [2.24, 2.45) is 0 Å². The molecule has 0 aromatic carbocycles. The van der Waals surface area contributed by atoms with Gasteiger partial charge in [0.1, 0.15) is 0 Å². The Labute approximate surface area is 80.9 Å². The SMILES string of the molecule is [2H]C(CC)CCC([2H])CCC=CCC. The molecule has 2 unspecified atom stereocenters. The lowest BCUT2D eigenvalue weighted by Gasteiger charge is -1.97. The third-order valence-corrected chi connectivity index (χ3v) is 1.80. The van der Waals surface area contributed by atoms with E-state index in [1.165, 1.54) is 0 Å². The van der Waals surface area contributed by atoms with E-state index in [1.807, 2.05) is 6.92 Å². The van der Waals surface area contributed by atoms with Crippen LogP contribution in [-0.4, -0.2) is 0 Å². The molecule has 0 radical (unpaired) electrons. The summed E-state index contributed by atoms with van der Waals surface area (Å²) in [7, 11) is 0. The van der Waals surface area contributed by atoms with Crippen LogP contribution >= 0.6 is 0 Å². The zero-order valence-corrected chi connectivity index (χ0v) is 8.55. The smallest absolute Gasteiger partial charge is 0.0267 e. The molecule has 0 heteroatoms. The van der Waals surface area contributed by atoms with Crippen LogP contribution in [-0.2, 0) is 0 Å². The number of allylic oxidation sites excluding steroid dienone is 2. The molecule has 72 valence electrons. The fourth-order valence-corrected chi connectivity index (χ4v) is 1.08. The third kappa shape index (κ3) is 9.74. The summed E-state index contributed by atoms with van der Waals surface area (Å²) in [6.45, 7) is 4.17. The van der Waals surface area contributed by atoms with Crippen LogP contribution in [0.2, 0.25) is 0 Å². The first kappa shape index (κ1) is 8.34. The Balaban J connectivity index is 3.36. The molecule has 2 atom stereocenters. The summed E-state index contributed by atoms with van der Waals surface area (Å²) in [5.74, 6) is 0. The van der Waals surface area contributed by atoms with Gasteiger partial charge in [-0.3, -0.25) is 0 Å². The highest BCUT2D eigenvalue weighted by atomic mass is 13.9. The molecule has 0 amide bonds. The molecule has 0 N–H and O–H groups in total. The standard InChI is InChI=1S/C12H24/c1-3-5-7-9-11-12-10-8-6-4-2/h5,7H,3-4,6,8-12H2,1-2H3/i6D,12D. The van der Waals surface area contributed by atoms with E-state index in [2.05, 4.69) is 19.1 Å². The maximum atomic E-state index is 7.76. The second-order valence-corrected chi connectivity index (χ2v) is 3.02. The van der Waals surface area contributed by atoms with Crippen molar-refractivity contribution >= 4 is 0 Å². The molecular weight excluding hydrogens is 144 g/mol. The van der Waals surface area contributed by atoms with E-state index < -0.39 is 0 Å². The van der Waals surface area contributed by atoms with Crippen molar-refractivity contribution in [1.29, 1.82) is 0 Å². The van der Waals surface area contributed by atoms with E-state index in [0.29, 0.717) is 0 Å². The van der Waals surface area contributed by atoms with Gasteiger partial charge in [-0.2, -0.15) is 0 Å². The second kappa shape index (κ2) is 10.7. The average molecular weight is 170 g/mol. The monoisotopic (exact) mass is 170 g/mol. The van der Waals surface area contributed by atoms with Gasteiger partial charge in [-0.25, -0.2) is 0 Å². The normalized spacial score (nSPS) is 18.8. The molecule has 0 saturated carbocycles. The summed E-state index contributed by atoms with van der Waals surface area (Å²) >= 11 is 0. The molecule has 12 heavy (non-hydrogen) atoms. The molecule has 0 aromatic heterocycles. The first-order chi connectivity index (χ1) is 6.70. The van der Waals surface area contributed by atoms with Crippen molar-refractivity contribution in [2.45, 2.75) is 65.2 Å². The van der Waals surface area contributed by atoms with Gasteiger partial charge >= 0.3 is 0 Å². The van der Waals surface area contributed by atoms with Crippen LogP contribution in [0.15, 0.2) is 12.2 Å². The predicted molar refractivity (Wildman–Crippen MR) is 57.4 cm³/mol. The highest BCUT2D eigenvalue weighted by Gasteiger charge is 1.87. The molecule has 0 nitrogen and oxygen atoms in total. The molecule has 0 rings (SSSR count). The Morgan fingerprint density at radius 3 is 2.42 bits per heavy atom. The maximum Gasteiger partial charge on any atom is 0.0267 e. The minimum absolute atomic E-state index is 0.0379. The molecule has 0 bridgehead atoms. The number of hydrogen-bond acceptors (Lipinski definition) is 0. The highest BCUT2D eigenvalue weighted by molar-refractivity contribution is 4.79. The predicted octanol–water partition coefficient (Wildman–Crippen LogP) is 4.70. The van der Waals surface area contributed by atoms with Crippen molar-refractivity contribution in [2.75, 3.05) is 0 Å². The minimum Gasteiger partial charge on any atom is -0.0888 e. The van der Waals surface area contributed by atoms with Gasteiger partial charge in [-0.1, -0.05) is 58.1 Å². The summed E-state index contributed by atoms with van der Waals surface area (Å²) in [5, 5.41) is 0. The van der Waals surface area contributed by atoms with Crippen molar-refractivity contribution in [1.82, 2.24) is 0 Å². The molecule has 0 saturated heterocycles. The second-order valence-electron chi connectivity index (χ2n) is 3.02. The lowest BCUT2D eigenvalue weighted by molar-refractivity contribution is 0.611. The van der Waals surface area contributed by atoms with Crippen LogP contribution in [0.4, 0.5) is 0 Å². The lowest BCUT2D eigenvalue weighted by Crippen LogP contribution is -1.77. The van der Waals surface area contributed by atoms with Gasteiger partial charge in [0.15, 0.2) is 0 Å². The molecule has 0 aliphatic heterocycles. The quantitative estimate of drug-likeness (QED) is 0.463. The van der Waals surface area contributed by atoms with Gasteiger partial charge in [0.05, 0.1) is 0 Å². The molecular formula is C12H24. The minimum atomic E-state index is 0.0379. The summed E-state index contributed by atoms with van der Waals surface area (Å²) in [5.41, 5.74) is 0. The molecule has 0 heterocycles. The van der Waals surface area contributed by atoms with E-state index in [-0.39, 0.29) is 12.8 Å². The zero-order valence-electron chi connectivity index (χ0n) is 10.6. The zero-order chi connectivity index (χ0) is 10.8. The molecule has 0 aliphatic rings. The fourth-order valence-electron chi connectivity index (χ4n) is 1.08. The molecule has 0 aromatic rings. The van der Waals surface area contributed by atoms with Crippen LogP contribution in [0.25, 0.3) is 0 Å². The number of hydrogen-bond donors (Lipinski definition) is 0. The summed E-state index contributed by atoms with van der Waals surface area (Å²) < 4.78 is 15.3. The third-order valence-electron chi connectivity index (χ3n) is 1.80. The van der Waals surface area contributed by atoms with E-state index in [0.717, 1.165) is 38.5 Å². The molecule has 0 aliphatic carbocycles. The van der Waals surface area contributed by atoms with Crippen LogP contribution < -0.4 is 0 Å². The largest absolute Gasteiger partial charge is 0.0888 e. The Kier molecular flexibility index (Phi) is 7.47. The first-order valence-corrected chi connectivity index (χ1v) is 5.20. The van der Waals surface area contributed by atoms with Crippen LogP contribution in [0, 0.1) is 0 Å². The number of rotatable bonds is 8. The van der Waals surface area contributed by atoms with Crippen molar-refractivity contribution < 1.29 is 2.74 Å². The van der Waals surface area contributed by atoms with Gasteiger partial charge < -0.3 is 0 Å². The van der Waals surface area contributed by atoms with Crippen molar-refractivity contribution in [3.8, 4) is 0 Å². The van der Waals surface area contributed by atoms with E-state index in [9.17, 15) is 0 Å².